The van der Waals surface area contributed by atoms with Crippen molar-refractivity contribution in [1.82, 2.24) is 0 Å². The van der Waals surface area contributed by atoms with E-state index in [-0.39, 0.29) is 5.91 Å². The van der Waals surface area contributed by atoms with Gasteiger partial charge in [0.1, 0.15) is 11.5 Å². The average Bonchev–Trinajstić information content (AvgIpc) is 2.93. The average molecular weight is 471 g/mol. The summed E-state index contributed by atoms with van der Waals surface area (Å²) < 4.78 is 7.63. The van der Waals surface area contributed by atoms with Gasteiger partial charge in [-0.3, -0.25) is 4.79 Å². The van der Waals surface area contributed by atoms with Gasteiger partial charge in [-0.2, -0.15) is 0 Å². The zero-order chi connectivity index (χ0) is 18.1. The molecule has 3 nitrogen and oxygen atoms in total. The summed E-state index contributed by atoms with van der Waals surface area (Å²) in [5, 5.41) is 2.91. The molecule has 1 aliphatic heterocycles. The van der Waals surface area contributed by atoms with E-state index in [0.717, 1.165) is 37.3 Å². The first kappa shape index (κ1) is 17.1. The summed E-state index contributed by atoms with van der Waals surface area (Å²) in [5.41, 5.74) is 3.18. The quantitative estimate of drug-likeness (QED) is 0.444. The maximum atomic E-state index is 12.4. The molecule has 0 aliphatic carbocycles. The van der Waals surface area contributed by atoms with E-state index < -0.39 is 0 Å². The second-order valence-corrected chi connectivity index (χ2v) is 7.58. The van der Waals surface area contributed by atoms with Crippen LogP contribution in [-0.2, 0) is 4.79 Å². The minimum atomic E-state index is -0.117. The third-order valence-corrected chi connectivity index (χ3v) is 5.06. The maximum absolute atomic E-state index is 12.4. The Kier molecular flexibility index (Phi) is 4.66. The zero-order valence-electron chi connectivity index (χ0n) is 13.5. The Bertz CT molecular complexity index is 1030. The molecular formula is C21H13Br2NO2. The second-order valence-electron chi connectivity index (χ2n) is 5.81. The monoisotopic (exact) mass is 469 g/mol. The van der Waals surface area contributed by atoms with Crippen LogP contribution in [0.25, 0.3) is 11.6 Å². The fourth-order valence-electron chi connectivity index (χ4n) is 2.82. The molecule has 1 N–H and O–H groups in total. The van der Waals surface area contributed by atoms with E-state index in [0.29, 0.717) is 5.57 Å². The van der Waals surface area contributed by atoms with Gasteiger partial charge in [-0.1, -0.05) is 46.3 Å². The predicted molar refractivity (Wildman–Crippen MR) is 111 cm³/mol. The number of carbonyl (C=O) groups is 1. The highest BCUT2D eigenvalue weighted by Crippen LogP contribution is 2.40. The van der Waals surface area contributed by atoms with E-state index in [2.05, 4.69) is 37.2 Å². The molecule has 0 unspecified atom stereocenters. The smallest absolute Gasteiger partial charge is 0.256 e. The minimum Gasteiger partial charge on any atom is -0.457 e. The molecule has 5 heteroatoms. The Morgan fingerprint density at radius 2 is 1.65 bits per heavy atom. The lowest BCUT2D eigenvalue weighted by Gasteiger charge is -2.06. The van der Waals surface area contributed by atoms with Crippen LogP contribution in [0.2, 0.25) is 0 Å². The van der Waals surface area contributed by atoms with Crippen LogP contribution in [0, 0.1) is 0 Å². The van der Waals surface area contributed by atoms with Crippen LogP contribution < -0.4 is 10.1 Å². The van der Waals surface area contributed by atoms with Crippen molar-refractivity contribution in [3.63, 3.8) is 0 Å². The van der Waals surface area contributed by atoms with Crippen LogP contribution in [-0.4, -0.2) is 5.91 Å². The van der Waals surface area contributed by atoms with E-state index in [9.17, 15) is 4.79 Å². The number of anilines is 1. The molecule has 0 aromatic heterocycles. The summed E-state index contributed by atoms with van der Waals surface area (Å²) in [5.74, 6) is 1.38. The van der Waals surface area contributed by atoms with Gasteiger partial charge in [-0.15, -0.1) is 0 Å². The molecule has 1 aliphatic rings. The Morgan fingerprint density at radius 1 is 0.885 bits per heavy atom. The molecule has 0 bridgehead atoms. The molecule has 4 rings (SSSR count). The number of benzene rings is 3. The van der Waals surface area contributed by atoms with Crippen molar-refractivity contribution in [2.75, 3.05) is 5.32 Å². The van der Waals surface area contributed by atoms with Crippen LogP contribution in [0.3, 0.4) is 0 Å². The third-order valence-electron chi connectivity index (χ3n) is 3.98. The SMILES string of the molecule is O=C1Nc2c(Br)cc(Br)cc2C1=Cc1cccc(Oc2ccccc2)c1. The van der Waals surface area contributed by atoms with E-state index in [1.165, 1.54) is 0 Å². The molecule has 26 heavy (non-hydrogen) atoms. The van der Waals surface area contributed by atoms with E-state index >= 15 is 0 Å². The van der Waals surface area contributed by atoms with Gasteiger partial charge in [-0.05, 0) is 64.0 Å². The van der Waals surface area contributed by atoms with Gasteiger partial charge in [0.05, 0.1) is 5.69 Å². The van der Waals surface area contributed by atoms with Crippen molar-refractivity contribution in [3.05, 3.63) is 86.8 Å². The summed E-state index contributed by atoms with van der Waals surface area (Å²) in [6.45, 7) is 0. The number of amides is 1. The van der Waals surface area contributed by atoms with E-state index in [1.807, 2.05) is 72.8 Å². The molecular weight excluding hydrogens is 458 g/mol. The number of hydrogen-bond acceptors (Lipinski definition) is 2. The molecule has 0 saturated heterocycles. The fraction of sp³-hybridized carbons (Fsp3) is 0. The van der Waals surface area contributed by atoms with Gasteiger partial charge in [0.2, 0.25) is 0 Å². The number of carbonyl (C=O) groups excluding carboxylic acids is 1. The Hall–Kier alpha value is -2.37. The maximum Gasteiger partial charge on any atom is 0.256 e. The van der Waals surface area contributed by atoms with Crippen LogP contribution in [0.15, 0.2) is 75.7 Å². The predicted octanol–water partition coefficient (Wildman–Crippen LogP) is 6.50. The van der Waals surface area contributed by atoms with Gasteiger partial charge in [0.25, 0.3) is 5.91 Å². The number of fused-ring (bicyclic) bond motifs is 1. The molecule has 0 spiro atoms. The molecule has 128 valence electrons. The van der Waals surface area contributed by atoms with Crippen LogP contribution in [0.5, 0.6) is 11.5 Å². The lowest BCUT2D eigenvalue weighted by Crippen LogP contribution is -2.03. The van der Waals surface area contributed by atoms with E-state index in [4.69, 9.17) is 4.74 Å². The lowest BCUT2D eigenvalue weighted by molar-refractivity contribution is -0.110. The number of para-hydroxylation sites is 1. The van der Waals surface area contributed by atoms with E-state index in [1.54, 1.807) is 0 Å². The number of nitrogens with one attached hydrogen (secondary N) is 1. The van der Waals surface area contributed by atoms with Crippen molar-refractivity contribution in [2.24, 2.45) is 0 Å². The molecule has 3 aromatic rings. The first-order chi connectivity index (χ1) is 12.6. The summed E-state index contributed by atoms with van der Waals surface area (Å²) in [4.78, 5) is 12.4. The number of halogens is 2. The Morgan fingerprint density at radius 3 is 2.46 bits per heavy atom. The molecule has 1 amide bonds. The minimum absolute atomic E-state index is 0.117. The molecule has 0 fully saturated rings. The van der Waals surface area contributed by atoms with Gasteiger partial charge >= 0.3 is 0 Å². The highest BCUT2D eigenvalue weighted by Gasteiger charge is 2.26. The fourth-order valence-corrected chi connectivity index (χ4v) is 4.14. The van der Waals surface area contributed by atoms with Crippen molar-refractivity contribution >= 4 is 55.1 Å². The van der Waals surface area contributed by atoms with Crippen molar-refractivity contribution in [2.45, 2.75) is 0 Å². The van der Waals surface area contributed by atoms with Crippen LogP contribution in [0.1, 0.15) is 11.1 Å². The highest BCUT2D eigenvalue weighted by atomic mass is 79.9. The summed E-state index contributed by atoms with van der Waals surface area (Å²) in [6.07, 6.45) is 1.87. The van der Waals surface area contributed by atoms with Crippen molar-refractivity contribution in [3.8, 4) is 11.5 Å². The first-order valence-electron chi connectivity index (χ1n) is 7.95. The Labute approximate surface area is 168 Å². The van der Waals surface area contributed by atoms with Crippen LogP contribution >= 0.6 is 31.9 Å². The number of rotatable bonds is 3. The first-order valence-corrected chi connectivity index (χ1v) is 9.54. The lowest BCUT2D eigenvalue weighted by atomic mass is 10.0. The zero-order valence-corrected chi connectivity index (χ0v) is 16.7. The van der Waals surface area contributed by atoms with Crippen molar-refractivity contribution in [1.29, 1.82) is 0 Å². The normalized spacial score (nSPS) is 14.2. The standard InChI is InChI=1S/C21H13Br2NO2/c22-14-11-17-18(21(25)24-20(17)19(23)12-14)10-13-5-4-8-16(9-13)26-15-6-2-1-3-7-15/h1-12H,(H,24,25). The van der Waals surface area contributed by atoms with Gasteiger partial charge in [-0.25, -0.2) is 0 Å². The number of hydrogen-bond donors (Lipinski definition) is 1. The molecule has 3 aromatic carbocycles. The highest BCUT2D eigenvalue weighted by molar-refractivity contribution is 9.11. The second kappa shape index (κ2) is 7.09. The summed E-state index contributed by atoms with van der Waals surface area (Å²) >= 11 is 6.98. The molecule has 1 heterocycles. The Balaban J connectivity index is 1.70. The molecule has 0 saturated carbocycles. The largest absolute Gasteiger partial charge is 0.457 e. The molecule has 0 radical (unpaired) electrons. The van der Waals surface area contributed by atoms with Gasteiger partial charge < -0.3 is 10.1 Å². The topological polar surface area (TPSA) is 38.3 Å². The number of ether oxygens (including phenoxy) is 1. The third kappa shape index (κ3) is 3.45. The van der Waals surface area contributed by atoms with Gasteiger partial charge in [0, 0.05) is 20.1 Å². The van der Waals surface area contributed by atoms with Gasteiger partial charge in [0.15, 0.2) is 0 Å². The summed E-state index contributed by atoms with van der Waals surface area (Å²) in [7, 11) is 0. The van der Waals surface area contributed by atoms with Crippen molar-refractivity contribution < 1.29 is 9.53 Å². The summed E-state index contributed by atoms with van der Waals surface area (Å²) in [6, 6.07) is 21.1. The van der Waals surface area contributed by atoms with Crippen LogP contribution in [0.4, 0.5) is 5.69 Å². The molecule has 0 atom stereocenters.